The topological polar surface area (TPSA) is 29.4 Å². The minimum atomic E-state index is 0.426. The molecule has 1 atom stereocenters. The van der Waals surface area contributed by atoms with Gasteiger partial charge in [0.15, 0.2) is 0 Å². The Kier molecular flexibility index (Phi) is 5.23. The first-order valence-electron chi connectivity index (χ1n) is 6.99. The quantitative estimate of drug-likeness (QED) is 0.830. The van der Waals surface area contributed by atoms with E-state index in [1.807, 2.05) is 0 Å². The van der Waals surface area contributed by atoms with Crippen LogP contribution < -0.4 is 5.32 Å². The van der Waals surface area contributed by atoms with Gasteiger partial charge in [0.25, 0.3) is 0 Å². The molecule has 1 fully saturated rings. The molecule has 0 aromatic carbocycles. The average Bonchev–Trinajstić information content (AvgIpc) is 2.86. The van der Waals surface area contributed by atoms with Crippen LogP contribution >= 0.6 is 0 Å². The summed E-state index contributed by atoms with van der Waals surface area (Å²) in [6, 6.07) is 4.78. The molecular formula is C14H25N3O. The Hall–Kier alpha value is -0.840. The van der Waals surface area contributed by atoms with Crippen LogP contribution in [0.5, 0.6) is 0 Å². The van der Waals surface area contributed by atoms with Gasteiger partial charge in [-0.05, 0) is 25.6 Å². The molecule has 0 spiro atoms. The number of rotatable bonds is 6. The number of nitrogens with zero attached hydrogens (tertiary/aromatic N) is 2. The van der Waals surface area contributed by atoms with Crippen LogP contribution in [-0.4, -0.2) is 48.9 Å². The third kappa shape index (κ3) is 3.57. The first-order valence-corrected chi connectivity index (χ1v) is 6.99. The molecule has 0 saturated carbocycles. The van der Waals surface area contributed by atoms with E-state index in [-0.39, 0.29) is 0 Å². The highest BCUT2D eigenvalue weighted by Gasteiger charge is 2.12. The summed E-state index contributed by atoms with van der Waals surface area (Å²) in [4.78, 5) is 2.48. The van der Waals surface area contributed by atoms with E-state index in [9.17, 15) is 0 Å². The molecule has 1 aromatic rings. The third-order valence-electron chi connectivity index (χ3n) is 3.58. The largest absolute Gasteiger partial charge is 0.379 e. The van der Waals surface area contributed by atoms with Crippen molar-refractivity contribution in [2.75, 3.05) is 39.4 Å². The van der Waals surface area contributed by atoms with Crippen molar-refractivity contribution in [1.82, 2.24) is 14.8 Å². The lowest BCUT2D eigenvalue weighted by atomic mass is 10.2. The lowest BCUT2D eigenvalue weighted by molar-refractivity contribution is 0.0363. The summed E-state index contributed by atoms with van der Waals surface area (Å²) in [6.45, 7) is 11.5. The van der Waals surface area contributed by atoms with Crippen molar-refractivity contribution in [3.05, 3.63) is 24.0 Å². The minimum Gasteiger partial charge on any atom is -0.379 e. The number of nitrogens with one attached hydrogen (secondary N) is 1. The summed E-state index contributed by atoms with van der Waals surface area (Å²) in [5.41, 5.74) is 1.38. The van der Waals surface area contributed by atoms with Gasteiger partial charge in [0.2, 0.25) is 0 Å². The first-order chi connectivity index (χ1) is 8.81. The van der Waals surface area contributed by atoms with Gasteiger partial charge in [-0.3, -0.25) is 4.90 Å². The van der Waals surface area contributed by atoms with Crippen LogP contribution in [0.25, 0.3) is 0 Å². The van der Waals surface area contributed by atoms with Crippen LogP contribution in [-0.2, 0) is 11.3 Å². The lowest BCUT2D eigenvalue weighted by Crippen LogP contribution is -2.38. The standard InChI is InChI=1S/C14H25N3O/c1-3-15-13(2)14-5-4-6-17(14)8-7-16-9-11-18-12-10-16/h4-6,13,15H,3,7-12H2,1-2H3. The molecule has 4 heteroatoms. The Bertz CT molecular complexity index is 345. The second kappa shape index (κ2) is 6.92. The molecule has 1 unspecified atom stereocenters. The molecule has 1 N–H and O–H groups in total. The van der Waals surface area contributed by atoms with Gasteiger partial charge in [-0.1, -0.05) is 6.92 Å². The second-order valence-corrected chi connectivity index (χ2v) is 4.86. The van der Waals surface area contributed by atoms with Crippen molar-refractivity contribution < 1.29 is 4.74 Å². The third-order valence-corrected chi connectivity index (χ3v) is 3.58. The fourth-order valence-electron chi connectivity index (χ4n) is 2.51. The Balaban J connectivity index is 1.86. The zero-order valence-electron chi connectivity index (χ0n) is 11.6. The average molecular weight is 251 g/mol. The van der Waals surface area contributed by atoms with Gasteiger partial charge >= 0.3 is 0 Å². The van der Waals surface area contributed by atoms with Crippen LogP contribution in [0.4, 0.5) is 0 Å². The Morgan fingerprint density at radius 3 is 2.83 bits per heavy atom. The fraction of sp³-hybridized carbons (Fsp3) is 0.714. The van der Waals surface area contributed by atoms with Crippen molar-refractivity contribution in [2.24, 2.45) is 0 Å². The Labute approximate surface area is 110 Å². The normalized spacial score (nSPS) is 19.0. The van der Waals surface area contributed by atoms with E-state index in [1.165, 1.54) is 5.69 Å². The maximum Gasteiger partial charge on any atom is 0.0594 e. The molecule has 1 aromatic heterocycles. The van der Waals surface area contributed by atoms with Crippen molar-refractivity contribution in [3.63, 3.8) is 0 Å². The molecule has 0 bridgehead atoms. The van der Waals surface area contributed by atoms with E-state index in [2.05, 4.69) is 47.0 Å². The molecular weight excluding hydrogens is 226 g/mol. The minimum absolute atomic E-state index is 0.426. The molecule has 1 aliphatic rings. The summed E-state index contributed by atoms with van der Waals surface area (Å²) >= 11 is 0. The predicted molar refractivity (Wildman–Crippen MR) is 73.8 cm³/mol. The van der Waals surface area contributed by atoms with E-state index >= 15 is 0 Å². The van der Waals surface area contributed by atoms with Crippen LogP contribution in [0.15, 0.2) is 18.3 Å². The van der Waals surface area contributed by atoms with E-state index in [0.29, 0.717) is 6.04 Å². The highest BCUT2D eigenvalue weighted by molar-refractivity contribution is 5.11. The molecule has 0 radical (unpaired) electrons. The van der Waals surface area contributed by atoms with Gasteiger partial charge in [0.1, 0.15) is 0 Å². The molecule has 0 aliphatic carbocycles. The monoisotopic (exact) mass is 251 g/mol. The van der Waals surface area contributed by atoms with Crippen molar-refractivity contribution in [3.8, 4) is 0 Å². The van der Waals surface area contributed by atoms with Crippen molar-refractivity contribution >= 4 is 0 Å². The van der Waals surface area contributed by atoms with E-state index in [4.69, 9.17) is 4.74 Å². The molecule has 4 nitrogen and oxygen atoms in total. The molecule has 1 saturated heterocycles. The van der Waals surface area contributed by atoms with Gasteiger partial charge in [-0.15, -0.1) is 0 Å². The van der Waals surface area contributed by atoms with Crippen LogP contribution in [0.3, 0.4) is 0 Å². The van der Waals surface area contributed by atoms with E-state index in [1.54, 1.807) is 0 Å². The maximum absolute atomic E-state index is 5.37. The Morgan fingerprint density at radius 2 is 2.11 bits per heavy atom. The van der Waals surface area contributed by atoms with E-state index < -0.39 is 0 Å². The number of morpholine rings is 1. The van der Waals surface area contributed by atoms with Gasteiger partial charge in [-0.2, -0.15) is 0 Å². The van der Waals surface area contributed by atoms with Gasteiger partial charge < -0.3 is 14.6 Å². The number of ether oxygens (including phenoxy) is 1. The fourth-order valence-corrected chi connectivity index (χ4v) is 2.51. The highest BCUT2D eigenvalue weighted by Crippen LogP contribution is 2.13. The van der Waals surface area contributed by atoms with Crippen LogP contribution in [0.1, 0.15) is 25.6 Å². The second-order valence-electron chi connectivity index (χ2n) is 4.86. The molecule has 2 rings (SSSR count). The first kappa shape index (κ1) is 13.6. The molecule has 1 aliphatic heterocycles. The summed E-state index contributed by atoms with van der Waals surface area (Å²) in [6.07, 6.45) is 2.18. The number of hydrogen-bond acceptors (Lipinski definition) is 3. The van der Waals surface area contributed by atoms with Crippen molar-refractivity contribution in [1.29, 1.82) is 0 Å². The lowest BCUT2D eigenvalue weighted by Gasteiger charge is -2.27. The number of hydrogen-bond donors (Lipinski definition) is 1. The molecule has 0 amide bonds. The van der Waals surface area contributed by atoms with Crippen LogP contribution in [0.2, 0.25) is 0 Å². The van der Waals surface area contributed by atoms with Crippen molar-refractivity contribution in [2.45, 2.75) is 26.4 Å². The van der Waals surface area contributed by atoms with Crippen LogP contribution in [0, 0.1) is 0 Å². The summed E-state index contributed by atoms with van der Waals surface area (Å²) in [5.74, 6) is 0. The van der Waals surface area contributed by atoms with Gasteiger partial charge in [0.05, 0.1) is 13.2 Å². The van der Waals surface area contributed by atoms with E-state index in [0.717, 1.165) is 45.9 Å². The SMILES string of the molecule is CCNC(C)c1cccn1CCN1CCOCC1. The van der Waals surface area contributed by atoms with Gasteiger partial charge in [-0.25, -0.2) is 0 Å². The summed E-state index contributed by atoms with van der Waals surface area (Å²) in [5, 5.41) is 3.47. The number of aromatic nitrogens is 1. The molecule has 2 heterocycles. The highest BCUT2D eigenvalue weighted by atomic mass is 16.5. The molecule has 18 heavy (non-hydrogen) atoms. The molecule has 102 valence electrons. The summed E-state index contributed by atoms with van der Waals surface area (Å²) in [7, 11) is 0. The summed E-state index contributed by atoms with van der Waals surface area (Å²) < 4.78 is 7.74. The smallest absolute Gasteiger partial charge is 0.0594 e. The zero-order chi connectivity index (χ0) is 12.8. The zero-order valence-corrected chi connectivity index (χ0v) is 11.6. The van der Waals surface area contributed by atoms with Gasteiger partial charge in [0, 0.05) is 44.1 Å². The maximum atomic E-state index is 5.37. The predicted octanol–water partition coefficient (Wildman–Crippen LogP) is 1.49. The Morgan fingerprint density at radius 1 is 1.33 bits per heavy atom.